The third-order valence-corrected chi connectivity index (χ3v) is 8.79. The number of carbonyl (C=O) groups excluding carboxylic acids is 1. The Hall–Kier alpha value is -3.19. The van der Waals surface area contributed by atoms with E-state index in [-0.39, 0.29) is 11.8 Å². The first-order valence-electron chi connectivity index (χ1n) is 14.3. The summed E-state index contributed by atoms with van der Waals surface area (Å²) in [5, 5.41) is 18.6. The summed E-state index contributed by atoms with van der Waals surface area (Å²) in [4.78, 5) is 16.0. The molecule has 2 fully saturated rings. The molecule has 7 heteroatoms. The fourth-order valence-corrected chi connectivity index (χ4v) is 6.34. The minimum atomic E-state index is -0.671. The number of nitrogens with zero attached hydrogens (tertiary/aromatic N) is 3. The third kappa shape index (κ3) is 6.35. The summed E-state index contributed by atoms with van der Waals surface area (Å²) in [6.07, 6.45) is 7.15. The average molecular weight is 532 g/mol. The lowest BCUT2D eigenvalue weighted by atomic mass is 9.77. The van der Waals surface area contributed by atoms with Gasteiger partial charge in [-0.2, -0.15) is 0 Å². The number of carbonyl (C=O) groups is 1. The van der Waals surface area contributed by atoms with Crippen LogP contribution < -0.4 is 9.64 Å². The van der Waals surface area contributed by atoms with Crippen LogP contribution in [0.15, 0.2) is 46.9 Å². The molecule has 1 N–H and O–H groups in total. The molecule has 7 nitrogen and oxygen atoms in total. The van der Waals surface area contributed by atoms with Gasteiger partial charge in [-0.25, -0.2) is 0 Å². The van der Waals surface area contributed by atoms with E-state index in [4.69, 9.17) is 9.15 Å². The van der Waals surface area contributed by atoms with Crippen LogP contribution in [-0.4, -0.2) is 40.5 Å². The molecule has 0 spiro atoms. The third-order valence-electron chi connectivity index (χ3n) is 8.79. The molecule has 208 valence electrons. The van der Waals surface area contributed by atoms with Crippen LogP contribution in [0.5, 0.6) is 5.75 Å². The van der Waals surface area contributed by atoms with Crippen LogP contribution in [0.1, 0.15) is 81.2 Å². The molecule has 0 radical (unpaired) electrons. The largest absolute Gasteiger partial charge is 0.496 e. The van der Waals surface area contributed by atoms with E-state index in [9.17, 15) is 9.90 Å². The van der Waals surface area contributed by atoms with E-state index >= 15 is 0 Å². The summed E-state index contributed by atoms with van der Waals surface area (Å²) in [6, 6.07) is 14.5. The zero-order valence-corrected chi connectivity index (χ0v) is 23.7. The minimum absolute atomic E-state index is 0.0712. The molecule has 5 rings (SSSR count). The van der Waals surface area contributed by atoms with Crippen molar-refractivity contribution in [2.75, 3.05) is 18.6 Å². The highest BCUT2D eigenvalue weighted by atomic mass is 16.5. The van der Waals surface area contributed by atoms with Crippen molar-refractivity contribution in [1.29, 1.82) is 0 Å². The maximum Gasteiger partial charge on any atom is 0.247 e. The highest BCUT2D eigenvalue weighted by molar-refractivity contribution is 5.95. The Bertz CT molecular complexity index is 1280. The van der Waals surface area contributed by atoms with Crippen molar-refractivity contribution in [2.45, 2.75) is 83.7 Å². The molecule has 2 aliphatic carbocycles. The predicted octanol–water partition coefficient (Wildman–Crippen LogP) is 6.61. The van der Waals surface area contributed by atoms with Crippen LogP contribution in [-0.2, 0) is 4.79 Å². The highest BCUT2D eigenvalue weighted by Crippen LogP contribution is 2.39. The molecule has 1 aromatic heterocycles. The van der Waals surface area contributed by atoms with Gasteiger partial charge in [0.15, 0.2) is 0 Å². The molecule has 2 saturated carbocycles. The van der Waals surface area contributed by atoms with Crippen molar-refractivity contribution in [2.24, 2.45) is 11.8 Å². The van der Waals surface area contributed by atoms with Gasteiger partial charge in [-0.3, -0.25) is 4.79 Å². The SMILES string of the molecule is COc1ccc(C2CCC(CN(C(=O)C3CCC(C)(O)CC3)c3cccc(-c4nnc(C)o4)c3)CC2)cc1C. The van der Waals surface area contributed by atoms with Gasteiger partial charge in [0.05, 0.1) is 12.7 Å². The fraction of sp³-hybridized carbons (Fsp3) is 0.531. The van der Waals surface area contributed by atoms with Crippen molar-refractivity contribution in [1.82, 2.24) is 10.2 Å². The first-order chi connectivity index (χ1) is 18.7. The first-order valence-corrected chi connectivity index (χ1v) is 14.3. The van der Waals surface area contributed by atoms with Crippen LogP contribution in [0.3, 0.4) is 0 Å². The number of aromatic nitrogens is 2. The molecular weight excluding hydrogens is 490 g/mol. The van der Waals surface area contributed by atoms with Gasteiger partial charge < -0.3 is 19.2 Å². The summed E-state index contributed by atoms with van der Waals surface area (Å²) in [5.74, 6) is 2.98. The zero-order valence-electron chi connectivity index (χ0n) is 23.7. The molecule has 0 unspecified atom stereocenters. The van der Waals surface area contributed by atoms with Crippen molar-refractivity contribution >= 4 is 11.6 Å². The van der Waals surface area contributed by atoms with E-state index in [1.54, 1.807) is 14.0 Å². The van der Waals surface area contributed by atoms with Gasteiger partial charge in [-0.1, -0.05) is 18.2 Å². The lowest BCUT2D eigenvalue weighted by Crippen LogP contribution is -2.43. The van der Waals surface area contributed by atoms with Crippen LogP contribution in [0.25, 0.3) is 11.5 Å². The Kier molecular flexibility index (Phi) is 8.08. The lowest BCUT2D eigenvalue weighted by Gasteiger charge is -2.37. The Morgan fingerprint density at radius 2 is 1.79 bits per heavy atom. The summed E-state index contributed by atoms with van der Waals surface area (Å²) in [7, 11) is 1.72. The molecule has 39 heavy (non-hydrogen) atoms. The van der Waals surface area contributed by atoms with E-state index in [1.807, 2.05) is 36.1 Å². The molecule has 0 aliphatic heterocycles. The first kappa shape index (κ1) is 27.4. The maximum absolute atomic E-state index is 14.0. The number of rotatable bonds is 7. The molecule has 0 saturated heterocycles. The summed E-state index contributed by atoms with van der Waals surface area (Å²) < 4.78 is 11.1. The van der Waals surface area contributed by atoms with E-state index < -0.39 is 5.60 Å². The maximum atomic E-state index is 14.0. The smallest absolute Gasteiger partial charge is 0.247 e. The predicted molar refractivity (Wildman–Crippen MR) is 152 cm³/mol. The fourth-order valence-electron chi connectivity index (χ4n) is 6.34. The van der Waals surface area contributed by atoms with Gasteiger partial charge in [-0.05, 0) is 112 Å². The molecule has 1 amide bonds. The van der Waals surface area contributed by atoms with E-state index in [1.165, 1.54) is 11.1 Å². The Balaban J connectivity index is 1.33. The van der Waals surface area contributed by atoms with Gasteiger partial charge in [0.25, 0.3) is 0 Å². The Morgan fingerprint density at radius 3 is 2.44 bits per heavy atom. The van der Waals surface area contributed by atoms with Gasteiger partial charge in [-0.15, -0.1) is 10.2 Å². The quantitative estimate of drug-likeness (QED) is 0.369. The van der Waals surface area contributed by atoms with Gasteiger partial charge >= 0.3 is 0 Å². The highest BCUT2D eigenvalue weighted by Gasteiger charge is 2.36. The molecular formula is C32H41N3O4. The molecule has 3 aromatic rings. The molecule has 0 atom stereocenters. The topological polar surface area (TPSA) is 88.7 Å². The van der Waals surface area contributed by atoms with Crippen LogP contribution in [0, 0.1) is 25.7 Å². The average Bonchev–Trinajstić information content (AvgIpc) is 3.38. The molecule has 2 aliphatic rings. The number of aliphatic hydroxyl groups is 1. The molecule has 0 bridgehead atoms. The van der Waals surface area contributed by atoms with Crippen molar-refractivity contribution in [3.63, 3.8) is 0 Å². The van der Waals surface area contributed by atoms with E-state index in [2.05, 4.69) is 35.3 Å². The monoisotopic (exact) mass is 531 g/mol. The summed E-state index contributed by atoms with van der Waals surface area (Å²) >= 11 is 0. The lowest BCUT2D eigenvalue weighted by molar-refractivity contribution is -0.125. The number of benzene rings is 2. The van der Waals surface area contributed by atoms with E-state index in [0.29, 0.717) is 55.8 Å². The summed E-state index contributed by atoms with van der Waals surface area (Å²) in [5.41, 5.74) is 3.58. The van der Waals surface area contributed by atoms with Crippen LogP contribution >= 0.6 is 0 Å². The Labute approximate surface area is 231 Å². The number of hydrogen-bond donors (Lipinski definition) is 1. The number of anilines is 1. The van der Waals surface area contributed by atoms with Gasteiger partial charge in [0.2, 0.25) is 17.7 Å². The van der Waals surface area contributed by atoms with Crippen molar-refractivity contribution in [3.8, 4) is 17.2 Å². The van der Waals surface area contributed by atoms with Crippen LogP contribution in [0.2, 0.25) is 0 Å². The number of aryl methyl sites for hydroxylation is 2. The number of hydrogen-bond acceptors (Lipinski definition) is 6. The zero-order chi connectivity index (χ0) is 27.6. The second-order valence-corrected chi connectivity index (χ2v) is 11.8. The number of amides is 1. The second kappa shape index (κ2) is 11.5. The minimum Gasteiger partial charge on any atom is -0.496 e. The van der Waals surface area contributed by atoms with E-state index in [0.717, 1.165) is 42.7 Å². The van der Waals surface area contributed by atoms with Crippen molar-refractivity contribution in [3.05, 3.63) is 59.5 Å². The van der Waals surface area contributed by atoms with Crippen LogP contribution in [0.4, 0.5) is 5.69 Å². The standard InChI is InChI=1S/C32H41N3O4/c1-21-18-26(12-13-29(21)38-4)24-10-8-23(9-11-24)20-35(31(36)25-14-16-32(3,37)17-15-25)28-7-5-6-27(19-28)30-34-33-22(2)39-30/h5-7,12-13,18-19,23-25,37H,8-11,14-17,20H2,1-4H3. The van der Waals surface area contributed by atoms with Gasteiger partial charge in [0, 0.05) is 30.6 Å². The Morgan fingerprint density at radius 1 is 1.05 bits per heavy atom. The molecule has 2 aromatic carbocycles. The number of ether oxygens (including phenoxy) is 1. The molecule has 1 heterocycles. The summed E-state index contributed by atoms with van der Waals surface area (Å²) in [6.45, 7) is 6.46. The normalized spacial score (nSPS) is 25.3. The van der Waals surface area contributed by atoms with Gasteiger partial charge in [0.1, 0.15) is 5.75 Å². The number of methoxy groups -OCH3 is 1. The second-order valence-electron chi connectivity index (χ2n) is 11.8. The van der Waals surface area contributed by atoms with Crippen molar-refractivity contribution < 1.29 is 19.1 Å².